The van der Waals surface area contributed by atoms with Crippen LogP contribution in [0.4, 0.5) is 0 Å². The van der Waals surface area contributed by atoms with E-state index in [9.17, 15) is 8.42 Å². The molecule has 0 saturated heterocycles. The Morgan fingerprint density at radius 1 is 0.917 bits per heavy atom. The highest BCUT2D eigenvalue weighted by Crippen LogP contribution is 2.47. The SMILES string of the molecule is Cc1ccc(S(=O)(=O)OCCc2c3c4c(c(OCc5ccc(-c6ccccc6)cn5)ccc4n2Cc2ccc(Cl)cc2)CC(C)S3)cc1. The van der Waals surface area contributed by atoms with Gasteiger partial charge in [-0.3, -0.25) is 9.17 Å². The highest BCUT2D eigenvalue weighted by atomic mass is 35.5. The normalized spacial score (nSPS) is 14.4. The summed E-state index contributed by atoms with van der Waals surface area (Å²) in [4.78, 5) is 5.99. The Bertz CT molecular complexity index is 2170. The van der Waals surface area contributed by atoms with Crippen LogP contribution in [0.1, 0.15) is 35.0 Å². The molecule has 3 heterocycles. The first-order valence-corrected chi connectivity index (χ1v) is 18.6. The van der Waals surface area contributed by atoms with Gasteiger partial charge in [0.15, 0.2) is 0 Å². The molecule has 0 bridgehead atoms. The second kappa shape index (κ2) is 13.8. The lowest BCUT2D eigenvalue weighted by Crippen LogP contribution is -2.13. The molecule has 2 aromatic heterocycles. The largest absolute Gasteiger partial charge is 0.487 e. The molecule has 0 saturated carbocycles. The van der Waals surface area contributed by atoms with E-state index in [1.165, 1.54) is 5.56 Å². The second-order valence-electron chi connectivity index (χ2n) is 12.1. The monoisotopic (exact) mass is 694 g/mol. The maximum Gasteiger partial charge on any atom is 0.296 e. The fraction of sp³-hybridized carbons (Fsp3) is 0.205. The predicted molar refractivity (Wildman–Crippen MR) is 194 cm³/mol. The lowest BCUT2D eigenvalue weighted by molar-refractivity contribution is 0.298. The predicted octanol–water partition coefficient (Wildman–Crippen LogP) is 9.28. The van der Waals surface area contributed by atoms with Crippen LogP contribution in [-0.2, 0) is 40.3 Å². The Balaban J connectivity index is 1.20. The number of rotatable bonds is 11. The van der Waals surface area contributed by atoms with Crippen LogP contribution in [0, 0.1) is 6.92 Å². The molecule has 0 N–H and O–H groups in total. The minimum Gasteiger partial charge on any atom is -0.487 e. The maximum absolute atomic E-state index is 13.0. The number of nitrogens with zero attached hydrogens (tertiary/aromatic N) is 2. The Kier molecular flexibility index (Phi) is 9.34. The van der Waals surface area contributed by atoms with Crippen molar-refractivity contribution in [1.29, 1.82) is 0 Å². The van der Waals surface area contributed by atoms with Crippen LogP contribution >= 0.6 is 23.4 Å². The highest BCUT2D eigenvalue weighted by Gasteiger charge is 2.29. The zero-order valence-electron chi connectivity index (χ0n) is 26.7. The summed E-state index contributed by atoms with van der Waals surface area (Å²) in [6.45, 7) is 5.14. The number of hydrogen-bond acceptors (Lipinski definition) is 6. The molecule has 0 amide bonds. The molecule has 0 radical (unpaired) electrons. The fourth-order valence-corrected chi connectivity index (χ4v) is 8.57. The molecular weight excluding hydrogens is 660 g/mol. The van der Waals surface area contributed by atoms with Gasteiger partial charge in [-0.2, -0.15) is 8.42 Å². The fourth-order valence-electron chi connectivity index (χ4n) is 6.19. The van der Waals surface area contributed by atoms with Gasteiger partial charge in [0.05, 0.1) is 22.7 Å². The second-order valence-corrected chi connectivity index (χ2v) is 15.6. The average molecular weight is 695 g/mol. The molecule has 1 aliphatic rings. The summed E-state index contributed by atoms with van der Waals surface area (Å²) in [7, 11) is -3.89. The minimum atomic E-state index is -3.89. The molecule has 0 spiro atoms. The topological polar surface area (TPSA) is 70.4 Å². The zero-order valence-corrected chi connectivity index (χ0v) is 29.1. The first-order chi connectivity index (χ1) is 23.2. The summed E-state index contributed by atoms with van der Waals surface area (Å²) >= 11 is 8.04. The number of halogens is 1. The van der Waals surface area contributed by atoms with Crippen molar-refractivity contribution in [3.63, 3.8) is 0 Å². The van der Waals surface area contributed by atoms with Crippen molar-refractivity contribution >= 4 is 44.4 Å². The Labute approximate surface area is 290 Å². The quantitative estimate of drug-likeness (QED) is 0.126. The van der Waals surface area contributed by atoms with Gasteiger partial charge in [-0.05, 0) is 66.9 Å². The Hall–Kier alpha value is -4.08. The van der Waals surface area contributed by atoms with Crippen LogP contribution in [-0.4, -0.2) is 29.8 Å². The van der Waals surface area contributed by atoms with Crippen molar-refractivity contribution < 1.29 is 17.3 Å². The van der Waals surface area contributed by atoms with Crippen LogP contribution in [0.2, 0.25) is 5.02 Å². The third-order valence-electron chi connectivity index (χ3n) is 8.61. The van der Waals surface area contributed by atoms with Crippen molar-refractivity contribution in [3.8, 4) is 16.9 Å². The number of aromatic nitrogens is 2. The summed E-state index contributed by atoms with van der Waals surface area (Å²) in [5, 5.41) is 2.15. The summed E-state index contributed by atoms with van der Waals surface area (Å²) in [5.74, 6) is 0.846. The number of aryl methyl sites for hydroxylation is 1. The van der Waals surface area contributed by atoms with E-state index in [4.69, 9.17) is 20.5 Å². The van der Waals surface area contributed by atoms with E-state index in [-0.39, 0.29) is 11.5 Å². The third kappa shape index (κ3) is 6.89. The zero-order chi connectivity index (χ0) is 33.3. The highest BCUT2D eigenvalue weighted by molar-refractivity contribution is 8.00. The van der Waals surface area contributed by atoms with Crippen molar-refractivity contribution in [2.75, 3.05) is 6.61 Å². The molecule has 7 rings (SSSR count). The smallest absolute Gasteiger partial charge is 0.296 e. The van der Waals surface area contributed by atoms with E-state index >= 15 is 0 Å². The van der Waals surface area contributed by atoms with Gasteiger partial charge in [0.2, 0.25) is 0 Å². The molecule has 6 aromatic rings. The van der Waals surface area contributed by atoms with Crippen molar-refractivity contribution in [2.45, 2.75) is 54.9 Å². The summed E-state index contributed by atoms with van der Waals surface area (Å²) < 4.78 is 40.4. The summed E-state index contributed by atoms with van der Waals surface area (Å²) in [5.41, 5.74) is 8.44. The van der Waals surface area contributed by atoms with Crippen molar-refractivity contribution in [1.82, 2.24) is 9.55 Å². The van der Waals surface area contributed by atoms with Gasteiger partial charge >= 0.3 is 0 Å². The molecule has 1 unspecified atom stereocenters. The molecule has 9 heteroatoms. The molecule has 1 atom stereocenters. The Morgan fingerprint density at radius 3 is 2.42 bits per heavy atom. The molecule has 244 valence electrons. The lowest BCUT2D eigenvalue weighted by atomic mass is 10.0. The van der Waals surface area contributed by atoms with E-state index in [1.54, 1.807) is 24.3 Å². The van der Waals surface area contributed by atoms with E-state index in [0.717, 1.165) is 61.6 Å². The minimum absolute atomic E-state index is 0.0262. The van der Waals surface area contributed by atoms with E-state index in [2.05, 4.69) is 46.8 Å². The van der Waals surface area contributed by atoms with Gasteiger partial charge in [0.25, 0.3) is 10.1 Å². The number of ether oxygens (including phenoxy) is 1. The number of benzene rings is 4. The average Bonchev–Trinajstić information content (AvgIpc) is 3.38. The Morgan fingerprint density at radius 2 is 1.69 bits per heavy atom. The van der Waals surface area contributed by atoms with E-state index < -0.39 is 10.1 Å². The third-order valence-corrected chi connectivity index (χ3v) is 11.4. The van der Waals surface area contributed by atoms with Crippen LogP contribution in [0.25, 0.3) is 22.0 Å². The standard InChI is InChI=1S/C39H35ClN2O4S2/c1-26-8-16-33(17-9-26)48(43,44)46-21-20-36-39-38-34(22-27(2)47-39)37(19-18-35(38)42(36)24-28-10-13-31(40)14-11-28)45-25-32-15-12-30(23-41-32)29-6-4-3-5-7-29/h3-19,23,27H,20-22,24-25H2,1-2H3. The van der Waals surface area contributed by atoms with Gasteiger partial charge in [0, 0.05) is 56.5 Å². The van der Waals surface area contributed by atoms with Crippen molar-refractivity contribution in [2.24, 2.45) is 0 Å². The van der Waals surface area contributed by atoms with Crippen molar-refractivity contribution in [3.05, 3.63) is 142 Å². The molecule has 48 heavy (non-hydrogen) atoms. The molecule has 4 aromatic carbocycles. The van der Waals surface area contributed by atoms with Gasteiger partial charge in [0.1, 0.15) is 12.4 Å². The van der Waals surface area contributed by atoms with Crippen LogP contribution in [0.3, 0.4) is 0 Å². The summed E-state index contributed by atoms with van der Waals surface area (Å²) in [6.07, 6.45) is 3.17. The van der Waals surface area contributed by atoms with Gasteiger partial charge in [-0.25, -0.2) is 0 Å². The first-order valence-electron chi connectivity index (χ1n) is 15.9. The number of thioether (sulfide) groups is 1. The first kappa shape index (κ1) is 32.5. The van der Waals surface area contributed by atoms with Gasteiger partial charge < -0.3 is 9.30 Å². The van der Waals surface area contributed by atoms with Crippen LogP contribution in [0.15, 0.2) is 119 Å². The molecule has 1 aliphatic heterocycles. The number of pyridine rings is 1. The summed E-state index contributed by atoms with van der Waals surface area (Å²) in [6, 6.07) is 33.1. The number of hydrogen-bond donors (Lipinski definition) is 0. The molecule has 6 nitrogen and oxygen atoms in total. The molecule has 0 fully saturated rings. The van der Waals surface area contributed by atoms with Crippen LogP contribution < -0.4 is 4.74 Å². The van der Waals surface area contributed by atoms with E-state index in [1.807, 2.05) is 73.4 Å². The lowest BCUT2D eigenvalue weighted by Gasteiger charge is -2.22. The molecular formula is C39H35ClN2O4S2. The molecule has 0 aliphatic carbocycles. The maximum atomic E-state index is 13.0. The van der Waals surface area contributed by atoms with Gasteiger partial charge in [-0.15, -0.1) is 11.8 Å². The van der Waals surface area contributed by atoms with Crippen LogP contribution in [0.5, 0.6) is 5.75 Å². The van der Waals surface area contributed by atoms with Gasteiger partial charge in [-0.1, -0.05) is 84.8 Å². The van der Waals surface area contributed by atoms with E-state index in [0.29, 0.717) is 29.8 Å².